The average molecular weight is 484 g/mol. The first-order valence-electron chi connectivity index (χ1n) is 9.95. The molecule has 3 rings (SSSR count). The zero-order chi connectivity index (χ0) is 23.6. The number of benzene rings is 2. The van der Waals surface area contributed by atoms with Crippen LogP contribution in [0.5, 0.6) is 0 Å². The van der Waals surface area contributed by atoms with Crippen molar-refractivity contribution in [3.63, 3.8) is 0 Å². The highest BCUT2D eigenvalue weighted by Gasteiger charge is 2.34. The van der Waals surface area contributed by atoms with Crippen molar-refractivity contribution >= 4 is 33.4 Å². The quantitative estimate of drug-likeness (QED) is 0.459. The second-order valence-corrected chi connectivity index (χ2v) is 9.96. The molecule has 0 radical (unpaired) electrons. The number of sulfonamides is 1. The van der Waals surface area contributed by atoms with Gasteiger partial charge in [0.25, 0.3) is 0 Å². The molecule has 0 saturated carbocycles. The summed E-state index contributed by atoms with van der Waals surface area (Å²) in [6.07, 6.45) is -1.75. The molecule has 2 aromatic carbocycles. The molecule has 1 saturated heterocycles. The van der Waals surface area contributed by atoms with E-state index in [1.807, 2.05) is 0 Å². The summed E-state index contributed by atoms with van der Waals surface area (Å²) >= 11 is 6.15. The third kappa shape index (κ3) is 5.35. The highest BCUT2D eigenvalue weighted by molar-refractivity contribution is 7.89. The number of carbonyl (C=O) groups is 2. The van der Waals surface area contributed by atoms with Gasteiger partial charge in [-0.25, -0.2) is 17.6 Å². The molecule has 32 heavy (non-hydrogen) atoms. The van der Waals surface area contributed by atoms with Crippen molar-refractivity contribution in [1.82, 2.24) is 4.31 Å². The number of rotatable bonds is 6. The van der Waals surface area contributed by atoms with Gasteiger partial charge in [-0.3, -0.25) is 4.79 Å². The first-order chi connectivity index (χ1) is 15.0. The number of Topliss-reactive ketones (excluding diaryl/α,β-unsaturated/α-hetero) is 1. The van der Waals surface area contributed by atoms with Gasteiger partial charge in [-0.05, 0) is 63.2 Å². The van der Waals surface area contributed by atoms with Gasteiger partial charge in [-0.1, -0.05) is 11.6 Å². The molecular weight excluding hydrogens is 461 g/mol. The molecule has 0 aliphatic carbocycles. The number of nitrogens with zero attached hydrogens (tertiary/aromatic N) is 1. The highest BCUT2D eigenvalue weighted by Crippen LogP contribution is 2.28. The molecule has 10 heteroatoms. The van der Waals surface area contributed by atoms with Gasteiger partial charge >= 0.3 is 5.97 Å². The zero-order valence-corrected chi connectivity index (χ0v) is 19.3. The summed E-state index contributed by atoms with van der Waals surface area (Å²) < 4.78 is 51.5. The molecule has 2 aromatic rings. The Morgan fingerprint density at radius 3 is 2.25 bits per heavy atom. The molecule has 0 aromatic heterocycles. The summed E-state index contributed by atoms with van der Waals surface area (Å²) in [6, 6.07) is 8.60. The van der Waals surface area contributed by atoms with Gasteiger partial charge in [0.2, 0.25) is 15.8 Å². The number of ether oxygens (including phenoxy) is 2. The molecular formula is C22H23ClFNO6S. The molecule has 1 aliphatic rings. The van der Waals surface area contributed by atoms with Gasteiger partial charge in [0.15, 0.2) is 6.10 Å². The van der Waals surface area contributed by atoms with Crippen LogP contribution in [0.25, 0.3) is 0 Å². The van der Waals surface area contributed by atoms with Gasteiger partial charge in [0.05, 0.1) is 22.8 Å². The Morgan fingerprint density at radius 2 is 1.66 bits per heavy atom. The number of carbonyl (C=O) groups excluding carboxylic acids is 2. The van der Waals surface area contributed by atoms with Crippen LogP contribution in [0.15, 0.2) is 47.4 Å². The zero-order valence-electron chi connectivity index (χ0n) is 17.7. The second kappa shape index (κ2) is 9.66. The molecule has 7 nitrogen and oxygen atoms in total. The van der Waals surface area contributed by atoms with Crippen LogP contribution in [0, 0.1) is 5.82 Å². The summed E-state index contributed by atoms with van der Waals surface area (Å²) in [6.45, 7) is 5.23. The van der Waals surface area contributed by atoms with E-state index in [9.17, 15) is 22.4 Å². The summed E-state index contributed by atoms with van der Waals surface area (Å²) in [4.78, 5) is 24.8. The minimum Gasteiger partial charge on any atom is -0.451 e. The smallest absolute Gasteiger partial charge is 0.338 e. The topological polar surface area (TPSA) is 90.0 Å². The van der Waals surface area contributed by atoms with Gasteiger partial charge < -0.3 is 9.47 Å². The van der Waals surface area contributed by atoms with Crippen LogP contribution in [0.4, 0.5) is 4.39 Å². The summed E-state index contributed by atoms with van der Waals surface area (Å²) in [5.41, 5.74) is 0.114. The molecule has 1 aliphatic heterocycles. The molecule has 1 heterocycles. The minimum atomic E-state index is -4.00. The van der Waals surface area contributed by atoms with Crippen LogP contribution < -0.4 is 0 Å². The maximum atomic E-state index is 13.2. The molecule has 0 bridgehead atoms. The molecule has 3 atom stereocenters. The van der Waals surface area contributed by atoms with Crippen molar-refractivity contribution in [2.75, 3.05) is 13.1 Å². The second-order valence-electron chi connectivity index (χ2n) is 7.64. The van der Waals surface area contributed by atoms with Crippen molar-refractivity contribution in [1.29, 1.82) is 0 Å². The lowest BCUT2D eigenvalue weighted by molar-refractivity contribution is -0.0440. The monoisotopic (exact) mass is 483 g/mol. The fraction of sp³-hybridized carbons (Fsp3) is 0.364. The predicted molar refractivity (Wildman–Crippen MR) is 116 cm³/mol. The van der Waals surface area contributed by atoms with Crippen LogP contribution >= 0.6 is 11.6 Å². The molecule has 172 valence electrons. The minimum absolute atomic E-state index is 0.0382. The largest absolute Gasteiger partial charge is 0.451 e. The van der Waals surface area contributed by atoms with Crippen LogP contribution in [0.3, 0.4) is 0 Å². The van der Waals surface area contributed by atoms with Crippen LogP contribution in [-0.2, 0) is 19.5 Å². The van der Waals surface area contributed by atoms with E-state index in [1.165, 1.54) is 35.5 Å². The number of morpholine rings is 1. The van der Waals surface area contributed by atoms with E-state index >= 15 is 0 Å². The van der Waals surface area contributed by atoms with E-state index < -0.39 is 33.7 Å². The number of hydrogen-bond donors (Lipinski definition) is 0. The maximum Gasteiger partial charge on any atom is 0.338 e. The molecule has 0 amide bonds. The van der Waals surface area contributed by atoms with Crippen LogP contribution in [-0.4, -0.2) is 55.9 Å². The Bertz CT molecular complexity index is 1110. The Morgan fingerprint density at radius 1 is 1.09 bits per heavy atom. The Kier molecular flexibility index (Phi) is 7.34. The Hall–Kier alpha value is -2.33. The van der Waals surface area contributed by atoms with E-state index in [1.54, 1.807) is 13.8 Å². The van der Waals surface area contributed by atoms with Gasteiger partial charge in [-0.15, -0.1) is 0 Å². The Balaban J connectivity index is 1.80. The molecule has 0 N–H and O–H groups in total. The van der Waals surface area contributed by atoms with E-state index in [2.05, 4.69) is 0 Å². The van der Waals surface area contributed by atoms with Crippen LogP contribution in [0.1, 0.15) is 41.5 Å². The molecule has 0 spiro atoms. The summed E-state index contributed by atoms with van der Waals surface area (Å²) in [5, 5.41) is -0.0382. The number of halogens is 2. The number of esters is 1. The summed E-state index contributed by atoms with van der Waals surface area (Å²) in [7, 11) is -4.00. The van der Waals surface area contributed by atoms with Crippen molar-refractivity contribution < 1.29 is 31.9 Å². The fourth-order valence-electron chi connectivity index (χ4n) is 3.43. The summed E-state index contributed by atoms with van der Waals surface area (Å²) in [5.74, 6) is -1.90. The number of hydrogen-bond acceptors (Lipinski definition) is 6. The average Bonchev–Trinajstić information content (AvgIpc) is 2.73. The maximum absolute atomic E-state index is 13.2. The standard InChI is InChI=1S/C22H23ClFNO6S/c1-13-11-25(12-14(2)30-13)32(28,29)20-10-17(6-9-19(20)23)22(27)31-15(3)21(26)16-4-7-18(24)8-5-16/h4-10,13-15H,11-12H2,1-3H3/t13-,14-,15-/m1/s1. The van der Waals surface area contributed by atoms with Gasteiger partial charge in [0, 0.05) is 18.7 Å². The Labute approximate surface area is 191 Å². The van der Waals surface area contributed by atoms with E-state index in [0.717, 1.165) is 18.2 Å². The molecule has 0 unspecified atom stereocenters. The number of ketones is 1. The van der Waals surface area contributed by atoms with E-state index in [0.29, 0.717) is 0 Å². The van der Waals surface area contributed by atoms with Gasteiger partial charge in [-0.2, -0.15) is 4.31 Å². The lowest BCUT2D eigenvalue weighted by Gasteiger charge is -2.34. The van der Waals surface area contributed by atoms with Crippen molar-refractivity contribution in [2.45, 2.75) is 44.0 Å². The van der Waals surface area contributed by atoms with Crippen molar-refractivity contribution in [3.05, 3.63) is 64.4 Å². The van der Waals surface area contributed by atoms with Crippen molar-refractivity contribution in [2.24, 2.45) is 0 Å². The lowest BCUT2D eigenvalue weighted by Crippen LogP contribution is -2.48. The van der Waals surface area contributed by atoms with E-state index in [4.69, 9.17) is 21.1 Å². The molecule has 1 fully saturated rings. The van der Waals surface area contributed by atoms with Crippen molar-refractivity contribution in [3.8, 4) is 0 Å². The van der Waals surface area contributed by atoms with E-state index in [-0.39, 0.29) is 46.3 Å². The third-order valence-corrected chi connectivity index (χ3v) is 7.27. The SMILES string of the molecule is C[C@@H]1CN(S(=O)(=O)c2cc(C(=O)O[C@H](C)C(=O)c3ccc(F)cc3)ccc2Cl)C[C@@H](C)O1. The highest BCUT2D eigenvalue weighted by atomic mass is 35.5. The first-order valence-corrected chi connectivity index (χ1v) is 11.8. The van der Waals surface area contributed by atoms with Gasteiger partial charge in [0.1, 0.15) is 10.7 Å². The lowest BCUT2D eigenvalue weighted by atomic mass is 10.1. The normalized spacial score (nSPS) is 20.5. The third-order valence-electron chi connectivity index (χ3n) is 4.95. The fourth-order valence-corrected chi connectivity index (χ4v) is 5.52. The van der Waals surface area contributed by atoms with Crippen LogP contribution in [0.2, 0.25) is 5.02 Å². The predicted octanol–water partition coefficient (Wildman–Crippen LogP) is 3.71. The first kappa shape index (κ1) is 24.3.